The van der Waals surface area contributed by atoms with Gasteiger partial charge in [-0.15, -0.1) is 0 Å². The van der Waals surface area contributed by atoms with E-state index in [0.717, 1.165) is 12.1 Å². The van der Waals surface area contributed by atoms with E-state index in [1.807, 2.05) is 0 Å². The molecule has 0 saturated carbocycles. The van der Waals surface area contributed by atoms with E-state index in [2.05, 4.69) is 5.32 Å². The fourth-order valence-electron chi connectivity index (χ4n) is 1.34. The first-order chi connectivity index (χ1) is 8.54. The first kappa shape index (κ1) is 14.0. The Morgan fingerprint density at radius 3 is 2.50 bits per heavy atom. The molecule has 0 spiro atoms. The van der Waals surface area contributed by atoms with E-state index in [1.54, 1.807) is 6.08 Å². The topological polar surface area (TPSA) is 46.2 Å². The van der Waals surface area contributed by atoms with Crippen molar-refractivity contribution in [1.82, 2.24) is 5.32 Å². The highest BCUT2D eigenvalue weighted by atomic mass is 19.1. The largest absolute Gasteiger partial charge is 0.356 e. The summed E-state index contributed by atoms with van der Waals surface area (Å²) in [5.41, 5.74) is -0.233. The molecular formula is C13H13F2NO2. The molecule has 1 aromatic carbocycles. The van der Waals surface area contributed by atoms with Gasteiger partial charge in [0.2, 0.25) is 5.91 Å². The average Bonchev–Trinajstić information content (AvgIpc) is 2.32. The minimum Gasteiger partial charge on any atom is -0.356 e. The highest BCUT2D eigenvalue weighted by Gasteiger charge is 2.06. The lowest BCUT2D eigenvalue weighted by molar-refractivity contribution is -0.118. The van der Waals surface area contributed by atoms with E-state index >= 15 is 0 Å². The number of carbonyl (C=O) groups excluding carboxylic acids is 2. The van der Waals surface area contributed by atoms with Crippen LogP contribution in [-0.4, -0.2) is 18.7 Å². The SMILES string of the molecule is CC(=O)NCCC=Cc1cc(F)c(C=O)cc1F. The number of hydrogen-bond acceptors (Lipinski definition) is 2. The van der Waals surface area contributed by atoms with E-state index < -0.39 is 11.6 Å². The minimum absolute atomic E-state index is 0.0703. The second-order valence-electron chi connectivity index (χ2n) is 3.69. The monoisotopic (exact) mass is 253 g/mol. The minimum atomic E-state index is -0.757. The Bertz CT molecular complexity index is 484. The van der Waals surface area contributed by atoms with E-state index in [-0.39, 0.29) is 23.3 Å². The number of halogens is 2. The molecule has 1 amide bonds. The van der Waals surface area contributed by atoms with Crippen molar-refractivity contribution in [3.05, 3.63) is 41.0 Å². The van der Waals surface area contributed by atoms with Gasteiger partial charge in [-0.05, 0) is 18.6 Å². The Labute approximate surface area is 104 Å². The maximum absolute atomic E-state index is 13.4. The number of carbonyl (C=O) groups is 2. The first-order valence-electron chi connectivity index (χ1n) is 5.39. The number of amides is 1. The van der Waals surface area contributed by atoms with Gasteiger partial charge in [-0.25, -0.2) is 8.78 Å². The Morgan fingerprint density at radius 2 is 1.89 bits per heavy atom. The van der Waals surface area contributed by atoms with Gasteiger partial charge < -0.3 is 5.32 Å². The molecule has 0 aliphatic rings. The van der Waals surface area contributed by atoms with E-state index in [4.69, 9.17) is 0 Å². The van der Waals surface area contributed by atoms with Crippen LogP contribution in [0.15, 0.2) is 18.2 Å². The smallest absolute Gasteiger partial charge is 0.216 e. The standard InChI is InChI=1S/C13H13F2NO2/c1-9(18)16-5-3-2-4-10-6-13(15)11(8-17)7-12(10)14/h2,4,6-8H,3,5H2,1H3,(H,16,18). The van der Waals surface area contributed by atoms with Crippen LogP contribution in [0.1, 0.15) is 29.3 Å². The molecule has 0 saturated heterocycles. The number of aldehydes is 1. The molecule has 0 fully saturated rings. The van der Waals surface area contributed by atoms with Crippen LogP contribution in [0.5, 0.6) is 0 Å². The fraction of sp³-hybridized carbons (Fsp3) is 0.231. The summed E-state index contributed by atoms with van der Waals surface area (Å²) < 4.78 is 26.6. The molecule has 18 heavy (non-hydrogen) atoms. The molecule has 0 aromatic heterocycles. The summed E-state index contributed by atoms with van der Waals surface area (Å²) in [4.78, 5) is 21.0. The van der Waals surface area contributed by atoms with Gasteiger partial charge in [0.1, 0.15) is 11.6 Å². The zero-order valence-electron chi connectivity index (χ0n) is 9.87. The number of nitrogens with one attached hydrogen (secondary N) is 1. The average molecular weight is 253 g/mol. The number of benzene rings is 1. The van der Waals surface area contributed by atoms with Gasteiger partial charge in [0.15, 0.2) is 6.29 Å². The Morgan fingerprint density at radius 1 is 1.28 bits per heavy atom. The summed E-state index contributed by atoms with van der Waals surface area (Å²) >= 11 is 0. The quantitative estimate of drug-likeness (QED) is 0.646. The molecule has 0 bridgehead atoms. The maximum Gasteiger partial charge on any atom is 0.216 e. The molecule has 5 heteroatoms. The van der Waals surface area contributed by atoms with Gasteiger partial charge in [0.05, 0.1) is 5.56 Å². The van der Waals surface area contributed by atoms with Crippen molar-refractivity contribution in [1.29, 1.82) is 0 Å². The first-order valence-corrected chi connectivity index (χ1v) is 5.39. The predicted octanol–water partition coefficient (Wildman–Crippen LogP) is 2.32. The highest BCUT2D eigenvalue weighted by molar-refractivity contribution is 5.76. The molecule has 0 unspecified atom stereocenters. The summed E-state index contributed by atoms with van der Waals surface area (Å²) in [5, 5.41) is 2.57. The third-order valence-electron chi connectivity index (χ3n) is 2.23. The maximum atomic E-state index is 13.4. The summed E-state index contributed by atoms with van der Waals surface area (Å²) in [6.07, 6.45) is 3.81. The zero-order valence-corrected chi connectivity index (χ0v) is 9.87. The van der Waals surface area contributed by atoms with Gasteiger partial charge in [0.25, 0.3) is 0 Å². The summed E-state index contributed by atoms with van der Waals surface area (Å²) in [6, 6.07) is 1.82. The third-order valence-corrected chi connectivity index (χ3v) is 2.23. The normalized spacial score (nSPS) is 10.6. The van der Waals surface area contributed by atoms with Crippen LogP contribution in [0.2, 0.25) is 0 Å². The molecular weight excluding hydrogens is 240 g/mol. The van der Waals surface area contributed by atoms with Gasteiger partial charge in [-0.3, -0.25) is 9.59 Å². The van der Waals surface area contributed by atoms with Gasteiger partial charge in [0, 0.05) is 19.0 Å². The molecule has 0 aliphatic heterocycles. The molecule has 3 nitrogen and oxygen atoms in total. The van der Waals surface area contributed by atoms with E-state index in [0.29, 0.717) is 13.0 Å². The van der Waals surface area contributed by atoms with Gasteiger partial charge >= 0.3 is 0 Å². The Hall–Kier alpha value is -2.04. The van der Waals surface area contributed by atoms with Crippen molar-refractivity contribution < 1.29 is 18.4 Å². The van der Waals surface area contributed by atoms with Crippen LogP contribution in [0.4, 0.5) is 8.78 Å². The summed E-state index contributed by atoms with van der Waals surface area (Å²) in [5.74, 6) is -1.56. The van der Waals surface area contributed by atoms with Crippen molar-refractivity contribution in [2.75, 3.05) is 6.54 Å². The van der Waals surface area contributed by atoms with Gasteiger partial charge in [-0.1, -0.05) is 12.2 Å². The molecule has 1 aromatic rings. The second-order valence-corrected chi connectivity index (χ2v) is 3.69. The lowest BCUT2D eigenvalue weighted by Crippen LogP contribution is -2.20. The number of rotatable bonds is 5. The predicted molar refractivity (Wildman–Crippen MR) is 64.1 cm³/mol. The number of hydrogen-bond donors (Lipinski definition) is 1. The third kappa shape index (κ3) is 4.08. The Kier molecular flexibility index (Phi) is 5.17. The van der Waals surface area contributed by atoms with E-state index in [9.17, 15) is 18.4 Å². The van der Waals surface area contributed by atoms with Crippen LogP contribution >= 0.6 is 0 Å². The van der Waals surface area contributed by atoms with Crippen molar-refractivity contribution in [2.45, 2.75) is 13.3 Å². The van der Waals surface area contributed by atoms with Crippen LogP contribution in [0.25, 0.3) is 6.08 Å². The molecule has 1 rings (SSSR count). The lowest BCUT2D eigenvalue weighted by atomic mass is 10.1. The van der Waals surface area contributed by atoms with Gasteiger partial charge in [-0.2, -0.15) is 0 Å². The fourth-order valence-corrected chi connectivity index (χ4v) is 1.34. The Balaban J connectivity index is 2.67. The van der Waals surface area contributed by atoms with Crippen LogP contribution in [0.3, 0.4) is 0 Å². The summed E-state index contributed by atoms with van der Waals surface area (Å²) in [6.45, 7) is 1.83. The molecule has 0 aliphatic carbocycles. The molecule has 0 atom stereocenters. The van der Waals surface area contributed by atoms with Crippen molar-refractivity contribution in [3.8, 4) is 0 Å². The molecule has 0 heterocycles. The van der Waals surface area contributed by atoms with E-state index in [1.165, 1.54) is 13.0 Å². The molecule has 1 N–H and O–H groups in total. The molecule has 96 valence electrons. The summed E-state index contributed by atoms with van der Waals surface area (Å²) in [7, 11) is 0. The lowest BCUT2D eigenvalue weighted by Gasteiger charge is -2.00. The van der Waals surface area contributed by atoms with Crippen molar-refractivity contribution in [2.24, 2.45) is 0 Å². The highest BCUT2D eigenvalue weighted by Crippen LogP contribution is 2.15. The molecule has 0 radical (unpaired) electrons. The second kappa shape index (κ2) is 6.64. The van der Waals surface area contributed by atoms with Crippen molar-refractivity contribution >= 4 is 18.3 Å². The van der Waals surface area contributed by atoms with Crippen LogP contribution in [-0.2, 0) is 4.79 Å². The zero-order chi connectivity index (χ0) is 13.5. The van der Waals surface area contributed by atoms with Crippen LogP contribution < -0.4 is 5.32 Å². The van der Waals surface area contributed by atoms with Crippen LogP contribution in [0, 0.1) is 11.6 Å². The van der Waals surface area contributed by atoms with Crippen molar-refractivity contribution in [3.63, 3.8) is 0 Å².